The highest BCUT2D eigenvalue weighted by Crippen LogP contribution is 2.38. The summed E-state index contributed by atoms with van der Waals surface area (Å²) in [4.78, 5) is 33.2. The van der Waals surface area contributed by atoms with Crippen molar-refractivity contribution in [2.45, 2.75) is 23.1 Å². The number of amides is 1. The van der Waals surface area contributed by atoms with E-state index in [0.29, 0.717) is 23.8 Å². The molecule has 1 amide bonds. The molecule has 3 aromatic rings. The lowest BCUT2D eigenvalue weighted by atomic mass is 9.84. The highest BCUT2D eigenvalue weighted by Gasteiger charge is 2.40. The molecule has 0 radical (unpaired) electrons. The van der Waals surface area contributed by atoms with E-state index in [1.54, 1.807) is 34.2 Å². The third-order valence-electron chi connectivity index (χ3n) is 5.70. The average molecular weight is 458 g/mol. The van der Waals surface area contributed by atoms with Gasteiger partial charge in [0.15, 0.2) is 0 Å². The van der Waals surface area contributed by atoms with Gasteiger partial charge in [-0.2, -0.15) is 4.31 Å². The van der Waals surface area contributed by atoms with E-state index in [-0.39, 0.29) is 28.8 Å². The van der Waals surface area contributed by atoms with Gasteiger partial charge in [0.25, 0.3) is 21.5 Å². The molecule has 2 bridgehead atoms. The van der Waals surface area contributed by atoms with Crippen molar-refractivity contribution in [1.29, 1.82) is 0 Å². The normalized spacial score (nSPS) is 20.8. The molecule has 1 fully saturated rings. The molecule has 11 heteroatoms. The van der Waals surface area contributed by atoms with Gasteiger partial charge in [0.05, 0.1) is 6.20 Å². The molecule has 0 aliphatic carbocycles. The fourth-order valence-corrected chi connectivity index (χ4v) is 7.04. The maximum atomic E-state index is 13.1. The van der Waals surface area contributed by atoms with E-state index in [0.717, 1.165) is 12.1 Å². The zero-order valence-electron chi connectivity index (χ0n) is 16.3. The minimum absolute atomic E-state index is 0.0321. The van der Waals surface area contributed by atoms with Gasteiger partial charge in [0.1, 0.15) is 15.6 Å². The SMILES string of the molecule is O=C(Nc1ccc2n(c1=O)CC1CC2CN(S(=O)(=O)c2cccs2)C1)c1cnccn1. The van der Waals surface area contributed by atoms with Crippen LogP contribution in [-0.2, 0) is 16.6 Å². The van der Waals surface area contributed by atoms with Crippen LogP contribution in [0.5, 0.6) is 0 Å². The van der Waals surface area contributed by atoms with E-state index in [1.165, 1.54) is 34.2 Å². The topological polar surface area (TPSA) is 114 Å². The Morgan fingerprint density at radius 1 is 1.16 bits per heavy atom. The smallest absolute Gasteiger partial charge is 0.276 e. The summed E-state index contributed by atoms with van der Waals surface area (Å²) >= 11 is 1.21. The van der Waals surface area contributed by atoms with Crippen molar-refractivity contribution in [3.05, 3.63) is 70.0 Å². The van der Waals surface area contributed by atoms with Gasteiger partial charge >= 0.3 is 0 Å². The molecule has 160 valence electrons. The number of carbonyl (C=O) groups excluding carboxylic acids is 1. The Balaban J connectivity index is 1.42. The molecule has 2 unspecified atom stereocenters. The summed E-state index contributed by atoms with van der Waals surface area (Å²) in [7, 11) is -3.53. The summed E-state index contributed by atoms with van der Waals surface area (Å²) in [5.74, 6) is -0.542. The molecule has 1 saturated heterocycles. The van der Waals surface area contributed by atoms with Gasteiger partial charge < -0.3 is 9.88 Å². The van der Waals surface area contributed by atoms with Crippen LogP contribution in [0.15, 0.2) is 57.2 Å². The minimum atomic E-state index is -3.53. The van der Waals surface area contributed by atoms with Crippen LogP contribution in [-0.4, -0.2) is 46.3 Å². The van der Waals surface area contributed by atoms with Crippen molar-refractivity contribution in [3.63, 3.8) is 0 Å². The van der Waals surface area contributed by atoms with Crippen LogP contribution < -0.4 is 10.9 Å². The maximum absolute atomic E-state index is 13.1. The average Bonchev–Trinajstić information content (AvgIpc) is 3.32. The molecule has 3 aromatic heterocycles. The van der Waals surface area contributed by atoms with E-state index in [1.807, 2.05) is 0 Å². The van der Waals surface area contributed by atoms with Crippen LogP contribution in [0.3, 0.4) is 0 Å². The van der Waals surface area contributed by atoms with Crippen molar-refractivity contribution in [3.8, 4) is 0 Å². The predicted octanol–water partition coefficient (Wildman–Crippen LogP) is 1.76. The Bertz CT molecular complexity index is 1290. The number of anilines is 1. The first-order valence-corrected chi connectivity index (χ1v) is 12.1. The molecule has 0 spiro atoms. The lowest BCUT2D eigenvalue weighted by molar-refractivity contribution is 0.102. The zero-order chi connectivity index (χ0) is 21.6. The molecular weight excluding hydrogens is 438 g/mol. The van der Waals surface area contributed by atoms with Crippen molar-refractivity contribution < 1.29 is 13.2 Å². The summed E-state index contributed by atoms with van der Waals surface area (Å²) in [5, 5.41) is 4.37. The zero-order valence-corrected chi connectivity index (χ0v) is 18.0. The Kier molecular flexibility index (Phi) is 4.95. The lowest BCUT2D eigenvalue weighted by Crippen LogP contribution is -2.49. The van der Waals surface area contributed by atoms with Crippen molar-refractivity contribution in [1.82, 2.24) is 18.8 Å². The number of pyridine rings is 1. The molecule has 9 nitrogen and oxygen atoms in total. The van der Waals surface area contributed by atoms with Crippen LogP contribution in [0.1, 0.15) is 28.5 Å². The number of aromatic nitrogens is 3. The van der Waals surface area contributed by atoms with Gasteiger partial charge in [-0.05, 0) is 35.9 Å². The van der Waals surface area contributed by atoms with Crippen molar-refractivity contribution >= 4 is 33.0 Å². The second-order valence-electron chi connectivity index (χ2n) is 7.69. The van der Waals surface area contributed by atoms with E-state index >= 15 is 0 Å². The molecule has 1 N–H and O–H groups in total. The minimum Gasteiger partial charge on any atom is -0.316 e. The van der Waals surface area contributed by atoms with Gasteiger partial charge in [-0.3, -0.25) is 14.6 Å². The van der Waals surface area contributed by atoms with Crippen molar-refractivity contribution in [2.75, 3.05) is 18.4 Å². The summed E-state index contributed by atoms with van der Waals surface area (Å²) in [6.07, 6.45) is 5.04. The van der Waals surface area contributed by atoms with Gasteiger partial charge in [0.2, 0.25) is 0 Å². The monoisotopic (exact) mass is 457 g/mol. The first-order chi connectivity index (χ1) is 14.9. The highest BCUT2D eigenvalue weighted by molar-refractivity contribution is 7.91. The van der Waals surface area contributed by atoms with Crippen LogP contribution in [0, 0.1) is 5.92 Å². The van der Waals surface area contributed by atoms with E-state index in [2.05, 4.69) is 15.3 Å². The number of hydrogen-bond acceptors (Lipinski definition) is 7. The molecule has 0 saturated carbocycles. The Morgan fingerprint density at radius 3 is 2.77 bits per heavy atom. The first kappa shape index (κ1) is 20.0. The van der Waals surface area contributed by atoms with Crippen LogP contribution >= 0.6 is 11.3 Å². The Hall–Kier alpha value is -2.89. The predicted molar refractivity (Wildman–Crippen MR) is 115 cm³/mol. The number of nitrogens with zero attached hydrogens (tertiary/aromatic N) is 4. The Labute approximate surface area is 182 Å². The number of piperidine rings is 1. The second kappa shape index (κ2) is 7.66. The van der Waals surface area contributed by atoms with Crippen LogP contribution in [0.2, 0.25) is 0 Å². The van der Waals surface area contributed by atoms with E-state index < -0.39 is 15.9 Å². The largest absolute Gasteiger partial charge is 0.316 e. The molecule has 2 atom stereocenters. The van der Waals surface area contributed by atoms with Crippen LogP contribution in [0.25, 0.3) is 0 Å². The third-order valence-corrected chi connectivity index (χ3v) is 8.91. The number of fused-ring (bicyclic) bond motifs is 4. The number of sulfonamides is 1. The highest BCUT2D eigenvalue weighted by atomic mass is 32.2. The molecule has 0 aromatic carbocycles. The van der Waals surface area contributed by atoms with Gasteiger partial charge in [-0.25, -0.2) is 13.4 Å². The summed E-state index contributed by atoms with van der Waals surface area (Å²) < 4.78 is 29.5. The lowest BCUT2D eigenvalue weighted by Gasteiger charge is -2.42. The number of rotatable bonds is 4. The molecule has 2 aliphatic rings. The fourth-order valence-electron chi connectivity index (χ4n) is 4.33. The first-order valence-electron chi connectivity index (χ1n) is 9.78. The molecule has 5 rings (SSSR count). The van der Waals surface area contributed by atoms with E-state index in [9.17, 15) is 18.0 Å². The van der Waals surface area contributed by atoms with Gasteiger partial charge in [-0.15, -0.1) is 11.3 Å². The maximum Gasteiger partial charge on any atom is 0.276 e. The van der Waals surface area contributed by atoms with Crippen LogP contribution in [0.4, 0.5) is 5.69 Å². The van der Waals surface area contributed by atoms with E-state index in [4.69, 9.17) is 0 Å². The number of carbonyl (C=O) groups is 1. The quantitative estimate of drug-likeness (QED) is 0.639. The van der Waals surface area contributed by atoms with Crippen molar-refractivity contribution in [2.24, 2.45) is 5.92 Å². The molecule has 31 heavy (non-hydrogen) atoms. The molecule has 2 aliphatic heterocycles. The molecule has 5 heterocycles. The molecular formula is C20H19N5O4S2. The summed E-state index contributed by atoms with van der Waals surface area (Å²) in [5.41, 5.74) is 0.794. The standard InChI is InChI=1S/C20H19N5O4S2/c26-19(16-9-21-5-6-22-16)23-15-3-4-17-14-8-13(11-25(17)20(15)27)10-24(12-14)31(28,29)18-2-1-7-30-18/h1-7,9,13-14H,8,10-12H2,(H,23,26). The Morgan fingerprint density at radius 2 is 2.03 bits per heavy atom. The second-order valence-corrected chi connectivity index (χ2v) is 10.8. The van der Waals surface area contributed by atoms with Gasteiger partial charge in [0, 0.05) is 43.6 Å². The summed E-state index contributed by atoms with van der Waals surface area (Å²) in [6, 6.07) is 6.73. The summed E-state index contributed by atoms with van der Waals surface area (Å²) in [6.45, 7) is 1.12. The van der Waals surface area contributed by atoms with Gasteiger partial charge in [-0.1, -0.05) is 6.07 Å². The number of hydrogen-bond donors (Lipinski definition) is 1. The fraction of sp³-hybridized carbons (Fsp3) is 0.300. The third kappa shape index (κ3) is 3.58. The number of nitrogens with one attached hydrogen (secondary N) is 1. The number of thiophene rings is 1.